The first-order valence-electron chi connectivity index (χ1n) is 7.93. The number of aliphatic hydroxyl groups is 3. The summed E-state index contributed by atoms with van der Waals surface area (Å²) in [6.45, 7) is 2.11. The zero-order valence-electron chi connectivity index (χ0n) is 12.2. The molecule has 19 heavy (non-hydrogen) atoms. The molecule has 4 N–H and O–H groups in total. The van der Waals surface area contributed by atoms with Crippen LogP contribution in [0, 0.1) is 0 Å². The van der Waals surface area contributed by atoms with Crippen LogP contribution in [0.1, 0.15) is 64.7 Å². The van der Waals surface area contributed by atoms with Crippen molar-refractivity contribution in [2.75, 3.05) is 6.61 Å². The third kappa shape index (κ3) is 5.78. The highest BCUT2D eigenvalue weighted by molar-refractivity contribution is 4.97. The Balaban J connectivity index is 2.01. The monoisotopic (exact) mass is 273 g/mol. The summed E-state index contributed by atoms with van der Waals surface area (Å²) in [6, 6.07) is -0.429. The van der Waals surface area contributed by atoms with Crippen LogP contribution in [0.25, 0.3) is 0 Å². The van der Waals surface area contributed by atoms with E-state index < -0.39 is 12.2 Å². The maximum Gasteiger partial charge on any atom is 0.0989 e. The van der Waals surface area contributed by atoms with Crippen molar-refractivity contribution in [2.24, 2.45) is 0 Å². The summed E-state index contributed by atoms with van der Waals surface area (Å²) in [7, 11) is 0. The SMILES string of the molecule is CCCCCCCCCC[C@@H]1N[C@@H](CO)[C@H](O)[C@H]1O. The van der Waals surface area contributed by atoms with Crippen molar-refractivity contribution in [1.82, 2.24) is 5.32 Å². The lowest BCUT2D eigenvalue weighted by molar-refractivity contribution is 0.0186. The van der Waals surface area contributed by atoms with Gasteiger partial charge >= 0.3 is 0 Å². The minimum Gasteiger partial charge on any atom is -0.395 e. The molecule has 0 radical (unpaired) electrons. The second kappa shape index (κ2) is 9.70. The highest BCUT2D eigenvalue weighted by Gasteiger charge is 2.39. The molecule has 114 valence electrons. The largest absolute Gasteiger partial charge is 0.395 e. The predicted molar refractivity (Wildman–Crippen MR) is 77.0 cm³/mol. The van der Waals surface area contributed by atoms with Crippen LogP contribution in [0.3, 0.4) is 0 Å². The van der Waals surface area contributed by atoms with E-state index in [0.717, 1.165) is 12.8 Å². The van der Waals surface area contributed by atoms with Gasteiger partial charge in [-0.15, -0.1) is 0 Å². The van der Waals surface area contributed by atoms with Crippen molar-refractivity contribution < 1.29 is 15.3 Å². The first-order chi connectivity index (χ1) is 9.20. The Hall–Kier alpha value is -0.160. The summed E-state index contributed by atoms with van der Waals surface area (Å²) < 4.78 is 0. The van der Waals surface area contributed by atoms with Crippen molar-refractivity contribution in [3.63, 3.8) is 0 Å². The van der Waals surface area contributed by atoms with E-state index in [1.807, 2.05) is 0 Å². The third-order valence-corrected chi connectivity index (χ3v) is 4.17. The molecule has 0 aromatic rings. The normalized spacial score (nSPS) is 30.9. The van der Waals surface area contributed by atoms with E-state index in [-0.39, 0.29) is 18.7 Å². The highest BCUT2D eigenvalue weighted by Crippen LogP contribution is 2.19. The molecule has 4 heteroatoms. The van der Waals surface area contributed by atoms with Crippen LogP contribution < -0.4 is 5.32 Å². The van der Waals surface area contributed by atoms with Gasteiger partial charge in [-0.3, -0.25) is 0 Å². The molecule has 0 aliphatic carbocycles. The second-order valence-corrected chi connectivity index (χ2v) is 5.81. The molecule has 0 unspecified atom stereocenters. The van der Waals surface area contributed by atoms with Crippen molar-refractivity contribution in [3.8, 4) is 0 Å². The molecule has 1 heterocycles. The molecule has 0 spiro atoms. The lowest BCUT2D eigenvalue weighted by atomic mass is 10.0. The summed E-state index contributed by atoms with van der Waals surface area (Å²) in [5.74, 6) is 0. The number of aliphatic hydroxyl groups excluding tert-OH is 3. The molecule has 0 aromatic heterocycles. The first kappa shape index (κ1) is 16.9. The minimum absolute atomic E-state index is 0.0627. The zero-order chi connectivity index (χ0) is 14.1. The average molecular weight is 273 g/mol. The molecule has 1 rings (SSSR count). The summed E-state index contributed by atoms with van der Waals surface area (Å²) in [6.07, 6.45) is 9.48. The van der Waals surface area contributed by atoms with E-state index in [1.54, 1.807) is 0 Å². The van der Waals surface area contributed by atoms with Gasteiger partial charge in [-0.25, -0.2) is 0 Å². The van der Waals surface area contributed by atoms with Crippen LogP contribution >= 0.6 is 0 Å². The van der Waals surface area contributed by atoms with Crippen LogP contribution in [-0.4, -0.2) is 46.2 Å². The van der Waals surface area contributed by atoms with Gasteiger partial charge in [0.25, 0.3) is 0 Å². The second-order valence-electron chi connectivity index (χ2n) is 5.81. The number of hydrogen-bond acceptors (Lipinski definition) is 4. The van der Waals surface area contributed by atoms with E-state index in [4.69, 9.17) is 5.11 Å². The molecule has 1 saturated heterocycles. The van der Waals surface area contributed by atoms with Crippen molar-refractivity contribution in [3.05, 3.63) is 0 Å². The number of hydrogen-bond donors (Lipinski definition) is 4. The minimum atomic E-state index is -0.830. The fourth-order valence-electron chi connectivity index (χ4n) is 2.86. The highest BCUT2D eigenvalue weighted by atomic mass is 16.3. The number of unbranched alkanes of at least 4 members (excludes halogenated alkanes) is 7. The first-order valence-corrected chi connectivity index (χ1v) is 7.93. The summed E-state index contributed by atoms with van der Waals surface area (Å²) in [4.78, 5) is 0. The molecular formula is C15H31NO3. The fraction of sp³-hybridized carbons (Fsp3) is 1.00. The van der Waals surface area contributed by atoms with Crippen LogP contribution in [0.4, 0.5) is 0 Å². The number of nitrogens with one attached hydrogen (secondary N) is 1. The van der Waals surface area contributed by atoms with Gasteiger partial charge in [0.05, 0.1) is 24.9 Å². The quantitative estimate of drug-likeness (QED) is 0.456. The smallest absolute Gasteiger partial charge is 0.0989 e. The molecule has 1 aliphatic heterocycles. The molecule has 0 amide bonds. The Labute approximate surface area is 117 Å². The van der Waals surface area contributed by atoms with Gasteiger partial charge in [0.2, 0.25) is 0 Å². The molecule has 0 aromatic carbocycles. The number of rotatable bonds is 10. The Morgan fingerprint density at radius 1 is 0.789 bits per heavy atom. The van der Waals surface area contributed by atoms with E-state index in [9.17, 15) is 10.2 Å². The Morgan fingerprint density at radius 2 is 1.32 bits per heavy atom. The molecule has 1 fully saturated rings. The van der Waals surface area contributed by atoms with E-state index in [2.05, 4.69) is 12.2 Å². The molecule has 0 bridgehead atoms. The summed E-state index contributed by atoms with van der Waals surface area (Å²) in [5.41, 5.74) is 0. The predicted octanol–water partition coefficient (Wildman–Crippen LogP) is 1.57. The van der Waals surface area contributed by atoms with Crippen molar-refractivity contribution >= 4 is 0 Å². The van der Waals surface area contributed by atoms with Gasteiger partial charge in [-0.2, -0.15) is 0 Å². The molecular weight excluding hydrogens is 242 g/mol. The maximum absolute atomic E-state index is 9.84. The van der Waals surface area contributed by atoms with Gasteiger partial charge < -0.3 is 20.6 Å². The van der Waals surface area contributed by atoms with Gasteiger partial charge in [-0.1, -0.05) is 58.3 Å². The van der Waals surface area contributed by atoms with Crippen molar-refractivity contribution in [1.29, 1.82) is 0 Å². The molecule has 4 nitrogen and oxygen atoms in total. The Bertz CT molecular complexity index is 225. The van der Waals surface area contributed by atoms with Gasteiger partial charge in [0, 0.05) is 6.04 Å². The molecule has 0 saturated carbocycles. The average Bonchev–Trinajstić information content (AvgIpc) is 2.69. The third-order valence-electron chi connectivity index (χ3n) is 4.17. The van der Waals surface area contributed by atoms with Gasteiger partial charge in [0.1, 0.15) is 0 Å². The Kier molecular flexibility index (Phi) is 8.62. The standard InChI is InChI=1S/C15H31NO3/c1-2-3-4-5-6-7-8-9-10-12-14(18)15(19)13(11-17)16-12/h12-19H,2-11H2,1H3/t12-,13-,14-,15-/m0/s1. The fourth-order valence-corrected chi connectivity index (χ4v) is 2.86. The maximum atomic E-state index is 9.84. The summed E-state index contributed by atoms with van der Waals surface area (Å²) >= 11 is 0. The lowest BCUT2D eigenvalue weighted by Gasteiger charge is -2.15. The van der Waals surface area contributed by atoms with E-state index in [0.29, 0.717) is 0 Å². The van der Waals surface area contributed by atoms with E-state index >= 15 is 0 Å². The van der Waals surface area contributed by atoms with Crippen molar-refractivity contribution in [2.45, 2.75) is 89.0 Å². The Morgan fingerprint density at radius 3 is 1.84 bits per heavy atom. The van der Waals surface area contributed by atoms with E-state index in [1.165, 1.54) is 44.9 Å². The van der Waals surface area contributed by atoms with Crippen LogP contribution in [0.15, 0.2) is 0 Å². The van der Waals surface area contributed by atoms with Crippen LogP contribution in [0.2, 0.25) is 0 Å². The zero-order valence-corrected chi connectivity index (χ0v) is 12.2. The summed E-state index contributed by atoms with van der Waals surface area (Å²) in [5, 5.41) is 31.7. The lowest BCUT2D eigenvalue weighted by Crippen LogP contribution is -2.36. The topological polar surface area (TPSA) is 72.7 Å². The van der Waals surface area contributed by atoms with Crippen LogP contribution in [-0.2, 0) is 0 Å². The van der Waals surface area contributed by atoms with Gasteiger partial charge in [0.15, 0.2) is 0 Å². The molecule has 4 atom stereocenters. The molecule has 1 aliphatic rings. The van der Waals surface area contributed by atoms with Gasteiger partial charge in [-0.05, 0) is 6.42 Å². The van der Waals surface area contributed by atoms with Crippen LogP contribution in [0.5, 0.6) is 0 Å².